The molecule has 0 radical (unpaired) electrons. The van der Waals surface area contributed by atoms with Crippen LogP contribution in [-0.4, -0.2) is 40.5 Å². The van der Waals surface area contributed by atoms with Gasteiger partial charge in [0.25, 0.3) is 0 Å². The Balaban J connectivity index is 2.81. The van der Waals surface area contributed by atoms with E-state index in [1.54, 1.807) is 12.1 Å². The molecule has 0 aliphatic carbocycles. The zero-order valence-electron chi connectivity index (χ0n) is 12.8. The SMILES string of the molecule is CCCC(C(=O)OOC(=O)c1ccccc1CO)=C(CO)CO. The van der Waals surface area contributed by atoms with Gasteiger partial charge in [-0.15, -0.1) is 0 Å². The van der Waals surface area contributed by atoms with Gasteiger partial charge in [-0.25, -0.2) is 19.4 Å². The molecule has 0 unspecified atom stereocenters. The molecule has 7 nitrogen and oxygen atoms in total. The van der Waals surface area contributed by atoms with Gasteiger partial charge in [-0.2, -0.15) is 0 Å². The van der Waals surface area contributed by atoms with Crippen LogP contribution in [0, 0.1) is 0 Å². The van der Waals surface area contributed by atoms with Crippen LogP contribution in [0.2, 0.25) is 0 Å². The predicted molar refractivity (Wildman–Crippen MR) is 80.0 cm³/mol. The summed E-state index contributed by atoms with van der Waals surface area (Å²) in [6.45, 7) is 0.451. The van der Waals surface area contributed by atoms with Gasteiger partial charge >= 0.3 is 11.9 Å². The summed E-state index contributed by atoms with van der Waals surface area (Å²) in [6.07, 6.45) is 0.843. The van der Waals surface area contributed by atoms with Gasteiger partial charge in [0.2, 0.25) is 0 Å². The summed E-state index contributed by atoms with van der Waals surface area (Å²) in [7, 11) is 0. The van der Waals surface area contributed by atoms with Gasteiger partial charge in [-0.1, -0.05) is 31.5 Å². The Labute approximate surface area is 133 Å². The molecule has 0 amide bonds. The average Bonchev–Trinajstić information content (AvgIpc) is 2.59. The third kappa shape index (κ3) is 5.17. The molecule has 0 aliphatic rings. The third-order valence-electron chi connectivity index (χ3n) is 3.16. The van der Waals surface area contributed by atoms with Crippen molar-refractivity contribution < 1.29 is 34.7 Å². The largest absolute Gasteiger partial charge is 0.392 e. The van der Waals surface area contributed by atoms with Gasteiger partial charge in [0.1, 0.15) is 0 Å². The number of hydrogen-bond acceptors (Lipinski definition) is 7. The van der Waals surface area contributed by atoms with Crippen LogP contribution in [0.5, 0.6) is 0 Å². The highest BCUT2D eigenvalue weighted by Crippen LogP contribution is 2.15. The van der Waals surface area contributed by atoms with Crippen molar-refractivity contribution in [2.45, 2.75) is 26.4 Å². The molecule has 0 saturated carbocycles. The van der Waals surface area contributed by atoms with Crippen LogP contribution in [0.1, 0.15) is 35.7 Å². The molecular weight excluding hydrogens is 304 g/mol. The minimum absolute atomic E-state index is 0.0701. The normalized spacial score (nSPS) is 10.1. The van der Waals surface area contributed by atoms with Crippen LogP contribution < -0.4 is 0 Å². The molecule has 0 aromatic heterocycles. The lowest BCUT2D eigenvalue weighted by Gasteiger charge is -2.10. The lowest BCUT2D eigenvalue weighted by molar-refractivity contribution is -0.229. The van der Waals surface area contributed by atoms with E-state index >= 15 is 0 Å². The number of hydrogen-bond donors (Lipinski definition) is 3. The summed E-state index contributed by atoms with van der Waals surface area (Å²) >= 11 is 0. The Morgan fingerprint density at radius 2 is 1.70 bits per heavy atom. The molecule has 7 heteroatoms. The number of benzene rings is 1. The van der Waals surface area contributed by atoms with E-state index in [0.29, 0.717) is 12.0 Å². The Bertz CT molecular complexity index is 572. The van der Waals surface area contributed by atoms with Crippen molar-refractivity contribution in [1.29, 1.82) is 0 Å². The topological polar surface area (TPSA) is 113 Å². The summed E-state index contributed by atoms with van der Waals surface area (Å²) in [6, 6.07) is 6.19. The van der Waals surface area contributed by atoms with Crippen molar-refractivity contribution in [3.63, 3.8) is 0 Å². The molecule has 0 aliphatic heterocycles. The van der Waals surface area contributed by atoms with E-state index < -0.39 is 25.2 Å². The molecule has 0 spiro atoms. The number of rotatable bonds is 7. The van der Waals surface area contributed by atoms with E-state index in [2.05, 4.69) is 9.78 Å². The molecule has 0 saturated heterocycles. The van der Waals surface area contributed by atoms with Gasteiger partial charge in [0.15, 0.2) is 0 Å². The maximum atomic E-state index is 12.0. The maximum absolute atomic E-state index is 12.0. The van der Waals surface area contributed by atoms with Crippen LogP contribution >= 0.6 is 0 Å². The fourth-order valence-electron chi connectivity index (χ4n) is 1.94. The molecule has 23 heavy (non-hydrogen) atoms. The quantitative estimate of drug-likeness (QED) is 0.387. The minimum atomic E-state index is -0.945. The molecule has 0 atom stereocenters. The van der Waals surface area contributed by atoms with Gasteiger partial charge in [0, 0.05) is 5.57 Å². The van der Waals surface area contributed by atoms with Crippen molar-refractivity contribution >= 4 is 11.9 Å². The number of carbonyl (C=O) groups is 2. The fraction of sp³-hybridized carbons (Fsp3) is 0.375. The molecule has 126 valence electrons. The molecule has 3 N–H and O–H groups in total. The van der Waals surface area contributed by atoms with Gasteiger partial charge in [0.05, 0.1) is 25.4 Å². The summed E-state index contributed by atoms with van der Waals surface area (Å²) in [5, 5.41) is 27.4. The first kappa shape index (κ1) is 18.8. The van der Waals surface area contributed by atoms with Gasteiger partial charge in [-0.3, -0.25) is 0 Å². The molecule has 1 aromatic rings. The monoisotopic (exact) mass is 324 g/mol. The van der Waals surface area contributed by atoms with E-state index in [1.807, 2.05) is 6.92 Å². The number of aliphatic hydroxyl groups excluding tert-OH is 3. The highest BCUT2D eigenvalue weighted by molar-refractivity contribution is 5.93. The van der Waals surface area contributed by atoms with Crippen LogP contribution in [0.3, 0.4) is 0 Å². The fourth-order valence-corrected chi connectivity index (χ4v) is 1.94. The first-order chi connectivity index (χ1) is 11.1. The lowest BCUT2D eigenvalue weighted by atomic mass is 10.0. The van der Waals surface area contributed by atoms with Gasteiger partial charge < -0.3 is 15.3 Å². The van der Waals surface area contributed by atoms with Crippen LogP contribution in [-0.2, 0) is 21.2 Å². The van der Waals surface area contributed by atoms with E-state index in [1.165, 1.54) is 12.1 Å². The highest BCUT2D eigenvalue weighted by Gasteiger charge is 2.20. The van der Waals surface area contributed by atoms with E-state index in [9.17, 15) is 9.59 Å². The summed E-state index contributed by atoms with van der Waals surface area (Å²) < 4.78 is 0. The van der Waals surface area contributed by atoms with Crippen LogP contribution in [0.15, 0.2) is 35.4 Å². The lowest BCUT2D eigenvalue weighted by Crippen LogP contribution is -2.17. The first-order valence-electron chi connectivity index (χ1n) is 7.13. The summed E-state index contributed by atoms with van der Waals surface area (Å²) in [5.41, 5.74) is 0.599. The second-order valence-electron chi connectivity index (χ2n) is 4.71. The highest BCUT2D eigenvalue weighted by atomic mass is 17.2. The average molecular weight is 324 g/mol. The summed E-state index contributed by atoms with van der Waals surface area (Å²) in [4.78, 5) is 32.9. The van der Waals surface area contributed by atoms with Crippen molar-refractivity contribution in [1.82, 2.24) is 0 Å². The van der Waals surface area contributed by atoms with Crippen molar-refractivity contribution in [3.8, 4) is 0 Å². The second-order valence-corrected chi connectivity index (χ2v) is 4.71. The van der Waals surface area contributed by atoms with Crippen molar-refractivity contribution in [3.05, 3.63) is 46.5 Å². The Morgan fingerprint density at radius 1 is 1.04 bits per heavy atom. The Morgan fingerprint density at radius 3 is 2.26 bits per heavy atom. The Hall–Kier alpha value is -2.22. The number of aliphatic hydroxyl groups is 3. The Kier molecular flexibility index (Phi) is 7.96. The predicted octanol–water partition coefficient (Wildman–Crippen LogP) is 0.875. The molecule has 0 bridgehead atoms. The smallest absolute Gasteiger partial charge is 0.386 e. The van der Waals surface area contributed by atoms with E-state index in [4.69, 9.17) is 15.3 Å². The van der Waals surface area contributed by atoms with Gasteiger partial charge in [-0.05, 0) is 23.6 Å². The maximum Gasteiger partial charge on any atom is 0.386 e. The zero-order chi connectivity index (χ0) is 17.2. The van der Waals surface area contributed by atoms with E-state index in [-0.39, 0.29) is 29.7 Å². The first-order valence-corrected chi connectivity index (χ1v) is 7.13. The molecule has 0 heterocycles. The van der Waals surface area contributed by atoms with E-state index in [0.717, 1.165) is 0 Å². The van der Waals surface area contributed by atoms with Crippen molar-refractivity contribution in [2.75, 3.05) is 13.2 Å². The number of carbonyl (C=O) groups excluding carboxylic acids is 2. The summed E-state index contributed by atoms with van der Waals surface area (Å²) in [5.74, 6) is -1.87. The second kappa shape index (κ2) is 9.73. The van der Waals surface area contributed by atoms with Crippen molar-refractivity contribution in [2.24, 2.45) is 0 Å². The third-order valence-corrected chi connectivity index (χ3v) is 3.16. The van der Waals surface area contributed by atoms with Crippen LogP contribution in [0.4, 0.5) is 0 Å². The standard InChI is InChI=1S/C16H20O7/c1-2-5-13(12(9-18)10-19)15(20)22-23-16(21)14-7-4-3-6-11(14)8-17/h3-4,6-7,17-19H,2,5,8-10H2,1H3. The minimum Gasteiger partial charge on any atom is -0.392 e. The molecule has 0 fully saturated rings. The molecule has 1 rings (SSSR count). The molecule has 1 aromatic carbocycles. The van der Waals surface area contributed by atoms with Crippen LogP contribution in [0.25, 0.3) is 0 Å². The zero-order valence-corrected chi connectivity index (χ0v) is 12.8. The molecular formula is C16H20O7.